The second kappa shape index (κ2) is 5.00. The molecule has 78 valence electrons. The maximum Gasteiger partial charge on any atom is 0.411 e. The van der Waals surface area contributed by atoms with Gasteiger partial charge in [-0.1, -0.05) is 30.3 Å². The van der Waals surface area contributed by atoms with Crippen molar-refractivity contribution in [3.05, 3.63) is 35.9 Å². The van der Waals surface area contributed by atoms with Gasteiger partial charge in [0.1, 0.15) is 6.61 Å². The first-order valence-electron chi connectivity index (χ1n) is 4.26. The highest BCUT2D eigenvalue weighted by molar-refractivity contribution is 5.14. The van der Waals surface area contributed by atoms with E-state index in [0.29, 0.717) is 6.42 Å². The van der Waals surface area contributed by atoms with Gasteiger partial charge in [0.15, 0.2) is 0 Å². The average Bonchev–Trinajstić information content (AvgIpc) is 2.13. The van der Waals surface area contributed by atoms with E-state index in [-0.39, 0.29) is 6.61 Å². The van der Waals surface area contributed by atoms with E-state index in [2.05, 4.69) is 4.74 Å². The Morgan fingerprint density at radius 2 is 1.71 bits per heavy atom. The molecule has 0 aliphatic carbocycles. The predicted octanol–water partition coefficient (Wildman–Crippen LogP) is 2.81. The summed E-state index contributed by atoms with van der Waals surface area (Å²) >= 11 is 0. The summed E-state index contributed by atoms with van der Waals surface area (Å²) in [5.41, 5.74) is 0.981. The Hall–Kier alpha value is -1.03. The number of benzene rings is 1. The molecule has 1 aromatic rings. The second-order valence-corrected chi connectivity index (χ2v) is 2.90. The van der Waals surface area contributed by atoms with Crippen molar-refractivity contribution in [2.45, 2.75) is 12.6 Å². The molecule has 0 amide bonds. The molecule has 1 nitrogen and oxygen atoms in total. The van der Waals surface area contributed by atoms with E-state index in [4.69, 9.17) is 0 Å². The van der Waals surface area contributed by atoms with Crippen LogP contribution in [-0.4, -0.2) is 19.4 Å². The summed E-state index contributed by atoms with van der Waals surface area (Å²) in [4.78, 5) is 0. The molecule has 0 saturated carbocycles. The number of hydrogen-bond acceptors (Lipinski definition) is 1. The molecule has 0 spiro atoms. The van der Waals surface area contributed by atoms with E-state index in [9.17, 15) is 13.2 Å². The van der Waals surface area contributed by atoms with Gasteiger partial charge in [-0.2, -0.15) is 13.2 Å². The summed E-state index contributed by atoms with van der Waals surface area (Å²) in [7, 11) is 0. The lowest BCUT2D eigenvalue weighted by atomic mass is 10.2. The van der Waals surface area contributed by atoms with Crippen LogP contribution in [0, 0.1) is 0 Å². The zero-order valence-electron chi connectivity index (χ0n) is 7.55. The standard InChI is InChI=1S/C10H11F3O/c11-10(12,13)8-14-7-6-9-4-2-1-3-5-9/h1-5H,6-8H2. The van der Waals surface area contributed by atoms with Crippen molar-refractivity contribution >= 4 is 0 Å². The molecule has 0 fully saturated rings. The quantitative estimate of drug-likeness (QED) is 0.685. The van der Waals surface area contributed by atoms with Gasteiger partial charge in [0.2, 0.25) is 0 Å². The van der Waals surface area contributed by atoms with Gasteiger partial charge < -0.3 is 4.74 Å². The SMILES string of the molecule is FC(F)(F)COCCc1ccccc1. The molecule has 0 heterocycles. The van der Waals surface area contributed by atoms with Crippen LogP contribution in [0.5, 0.6) is 0 Å². The Morgan fingerprint density at radius 1 is 1.07 bits per heavy atom. The summed E-state index contributed by atoms with van der Waals surface area (Å²) in [5.74, 6) is 0. The van der Waals surface area contributed by atoms with E-state index in [1.165, 1.54) is 0 Å². The molecule has 0 aromatic heterocycles. The van der Waals surface area contributed by atoms with Gasteiger partial charge in [-0.25, -0.2) is 0 Å². The smallest absolute Gasteiger partial charge is 0.372 e. The summed E-state index contributed by atoms with van der Waals surface area (Å²) in [6.07, 6.45) is -3.71. The highest BCUT2D eigenvalue weighted by Gasteiger charge is 2.27. The molecule has 0 unspecified atom stereocenters. The van der Waals surface area contributed by atoms with Gasteiger partial charge >= 0.3 is 6.18 Å². The van der Waals surface area contributed by atoms with Crippen LogP contribution in [-0.2, 0) is 11.2 Å². The number of rotatable bonds is 4. The van der Waals surface area contributed by atoms with E-state index in [1.54, 1.807) is 0 Å². The van der Waals surface area contributed by atoms with Gasteiger partial charge in [-0.05, 0) is 12.0 Å². The highest BCUT2D eigenvalue weighted by atomic mass is 19.4. The Bertz CT molecular complexity index is 256. The molecule has 0 N–H and O–H groups in total. The van der Waals surface area contributed by atoms with Crippen molar-refractivity contribution in [2.75, 3.05) is 13.2 Å². The first kappa shape index (κ1) is 11.0. The van der Waals surface area contributed by atoms with Crippen molar-refractivity contribution in [3.63, 3.8) is 0 Å². The Labute approximate surface area is 80.5 Å². The monoisotopic (exact) mass is 204 g/mol. The first-order chi connectivity index (χ1) is 6.58. The van der Waals surface area contributed by atoms with Gasteiger partial charge in [-0.3, -0.25) is 0 Å². The summed E-state index contributed by atoms with van der Waals surface area (Å²) in [5, 5.41) is 0. The van der Waals surface area contributed by atoms with Crippen LogP contribution in [0.3, 0.4) is 0 Å². The van der Waals surface area contributed by atoms with Crippen LogP contribution in [0.15, 0.2) is 30.3 Å². The number of halogens is 3. The van der Waals surface area contributed by atoms with Crippen LogP contribution in [0.2, 0.25) is 0 Å². The van der Waals surface area contributed by atoms with E-state index in [1.807, 2.05) is 30.3 Å². The van der Waals surface area contributed by atoms with Gasteiger partial charge in [0.25, 0.3) is 0 Å². The van der Waals surface area contributed by atoms with Crippen molar-refractivity contribution in [1.82, 2.24) is 0 Å². The molecule has 0 aliphatic heterocycles. The summed E-state index contributed by atoms with van der Waals surface area (Å²) in [6, 6.07) is 9.27. The van der Waals surface area contributed by atoms with E-state index in [0.717, 1.165) is 5.56 Å². The minimum Gasteiger partial charge on any atom is -0.372 e. The van der Waals surface area contributed by atoms with Crippen molar-refractivity contribution in [1.29, 1.82) is 0 Å². The highest BCUT2D eigenvalue weighted by Crippen LogP contribution is 2.14. The predicted molar refractivity (Wildman–Crippen MR) is 47.0 cm³/mol. The lowest BCUT2D eigenvalue weighted by Gasteiger charge is -2.07. The van der Waals surface area contributed by atoms with Crippen LogP contribution >= 0.6 is 0 Å². The zero-order chi connectivity index (χ0) is 10.4. The number of alkyl halides is 3. The molecule has 0 atom stereocenters. The molecule has 0 bridgehead atoms. The Morgan fingerprint density at radius 3 is 2.29 bits per heavy atom. The van der Waals surface area contributed by atoms with Gasteiger partial charge in [-0.15, -0.1) is 0 Å². The summed E-state index contributed by atoms with van der Waals surface area (Å²) in [6.45, 7) is -1.07. The van der Waals surface area contributed by atoms with E-state index < -0.39 is 12.8 Å². The molecule has 14 heavy (non-hydrogen) atoms. The topological polar surface area (TPSA) is 9.23 Å². The minimum absolute atomic E-state index is 0.101. The normalized spacial score (nSPS) is 11.6. The molecular weight excluding hydrogens is 193 g/mol. The molecule has 1 rings (SSSR count). The fourth-order valence-electron chi connectivity index (χ4n) is 1.02. The average molecular weight is 204 g/mol. The third-order valence-electron chi connectivity index (χ3n) is 1.64. The molecule has 0 saturated heterocycles. The first-order valence-corrected chi connectivity index (χ1v) is 4.26. The second-order valence-electron chi connectivity index (χ2n) is 2.90. The third-order valence-corrected chi connectivity index (χ3v) is 1.64. The maximum atomic E-state index is 11.7. The van der Waals surface area contributed by atoms with E-state index >= 15 is 0 Å². The van der Waals surface area contributed by atoms with Crippen LogP contribution in [0.1, 0.15) is 5.56 Å². The Kier molecular flexibility index (Phi) is 3.95. The van der Waals surface area contributed by atoms with Gasteiger partial charge in [0.05, 0.1) is 6.61 Å². The van der Waals surface area contributed by atoms with Crippen LogP contribution < -0.4 is 0 Å². The van der Waals surface area contributed by atoms with Crippen molar-refractivity contribution in [2.24, 2.45) is 0 Å². The molecule has 0 aliphatic rings. The molecular formula is C10H11F3O. The lowest BCUT2D eigenvalue weighted by molar-refractivity contribution is -0.173. The number of ether oxygens (including phenoxy) is 1. The number of hydrogen-bond donors (Lipinski definition) is 0. The maximum absolute atomic E-state index is 11.7. The summed E-state index contributed by atoms with van der Waals surface area (Å²) < 4.78 is 39.4. The van der Waals surface area contributed by atoms with Crippen LogP contribution in [0.4, 0.5) is 13.2 Å². The molecule has 4 heteroatoms. The Balaban J connectivity index is 2.17. The lowest BCUT2D eigenvalue weighted by Crippen LogP contribution is -2.17. The van der Waals surface area contributed by atoms with Crippen LogP contribution in [0.25, 0.3) is 0 Å². The van der Waals surface area contributed by atoms with Gasteiger partial charge in [0, 0.05) is 0 Å². The zero-order valence-corrected chi connectivity index (χ0v) is 7.55. The fourth-order valence-corrected chi connectivity index (χ4v) is 1.02. The van der Waals surface area contributed by atoms with Crippen molar-refractivity contribution in [3.8, 4) is 0 Å². The molecule has 1 aromatic carbocycles. The third kappa shape index (κ3) is 4.87. The minimum atomic E-state index is -4.23. The fraction of sp³-hybridized carbons (Fsp3) is 0.400. The van der Waals surface area contributed by atoms with Crippen molar-refractivity contribution < 1.29 is 17.9 Å². The largest absolute Gasteiger partial charge is 0.411 e. The molecule has 0 radical (unpaired) electrons.